The molecule has 0 bridgehead atoms. The monoisotopic (exact) mass is 300 g/mol. The number of hydrogen-bond donors (Lipinski definition) is 1. The first-order valence-corrected chi connectivity index (χ1v) is 8.32. The maximum atomic E-state index is 11.1. The average Bonchev–Trinajstić information content (AvgIpc) is 3.06. The van der Waals surface area contributed by atoms with Crippen molar-refractivity contribution in [2.45, 2.75) is 45.4 Å². The molecule has 0 radical (unpaired) electrons. The standard InChI is InChI=1S/C18H24N2O2/c1-11(12-5-3-4-6-12)13-7-9-15-14(17(13)19-2)8-10-16(20-15)18(21)22/h8,10-13H,3-7,9H2,1-2H3,(H,21,22). The molecule has 0 saturated heterocycles. The van der Waals surface area contributed by atoms with Crippen LogP contribution in [0.3, 0.4) is 0 Å². The van der Waals surface area contributed by atoms with Crippen LogP contribution in [0.15, 0.2) is 17.1 Å². The van der Waals surface area contributed by atoms with Crippen LogP contribution in [0, 0.1) is 17.8 Å². The van der Waals surface area contributed by atoms with Gasteiger partial charge in [0.25, 0.3) is 0 Å². The molecule has 2 aliphatic rings. The first-order chi connectivity index (χ1) is 10.6. The number of hydrogen-bond acceptors (Lipinski definition) is 3. The first-order valence-electron chi connectivity index (χ1n) is 8.32. The Balaban J connectivity index is 1.90. The van der Waals surface area contributed by atoms with Gasteiger partial charge in [0.15, 0.2) is 0 Å². The van der Waals surface area contributed by atoms with E-state index in [1.807, 2.05) is 13.1 Å². The minimum absolute atomic E-state index is 0.136. The van der Waals surface area contributed by atoms with Crippen LogP contribution in [-0.2, 0) is 6.42 Å². The van der Waals surface area contributed by atoms with Gasteiger partial charge in [0, 0.05) is 24.2 Å². The van der Waals surface area contributed by atoms with Gasteiger partial charge >= 0.3 is 5.97 Å². The summed E-state index contributed by atoms with van der Waals surface area (Å²) >= 11 is 0. The molecule has 1 aromatic rings. The molecule has 1 saturated carbocycles. The quantitative estimate of drug-likeness (QED) is 0.928. The molecule has 1 heterocycles. The molecule has 1 N–H and O–H groups in total. The van der Waals surface area contributed by atoms with E-state index in [0.29, 0.717) is 11.8 Å². The summed E-state index contributed by atoms with van der Waals surface area (Å²) in [7, 11) is 1.85. The number of pyridine rings is 1. The van der Waals surface area contributed by atoms with Crippen LogP contribution in [0.1, 0.15) is 60.8 Å². The Morgan fingerprint density at radius 3 is 2.68 bits per heavy atom. The van der Waals surface area contributed by atoms with Crippen molar-refractivity contribution in [3.63, 3.8) is 0 Å². The van der Waals surface area contributed by atoms with Gasteiger partial charge in [0.05, 0.1) is 5.69 Å². The maximum absolute atomic E-state index is 11.1. The molecule has 118 valence electrons. The van der Waals surface area contributed by atoms with Crippen LogP contribution in [0.5, 0.6) is 0 Å². The van der Waals surface area contributed by atoms with Gasteiger partial charge in [-0.05, 0) is 36.8 Å². The third-order valence-electron chi connectivity index (χ3n) is 5.53. The molecular formula is C18H24N2O2. The van der Waals surface area contributed by atoms with Gasteiger partial charge in [-0.1, -0.05) is 32.6 Å². The van der Waals surface area contributed by atoms with Crippen molar-refractivity contribution in [1.29, 1.82) is 0 Å². The van der Waals surface area contributed by atoms with Crippen molar-refractivity contribution >= 4 is 11.7 Å². The molecule has 22 heavy (non-hydrogen) atoms. The largest absolute Gasteiger partial charge is 0.477 e. The average molecular weight is 300 g/mol. The highest BCUT2D eigenvalue weighted by Crippen LogP contribution is 2.40. The van der Waals surface area contributed by atoms with Crippen molar-refractivity contribution in [1.82, 2.24) is 4.98 Å². The zero-order chi connectivity index (χ0) is 15.7. The first kappa shape index (κ1) is 15.2. The minimum atomic E-state index is -0.959. The molecule has 4 heteroatoms. The summed E-state index contributed by atoms with van der Waals surface area (Å²) in [6, 6.07) is 3.51. The smallest absolute Gasteiger partial charge is 0.354 e. The fraction of sp³-hybridized carbons (Fsp3) is 0.611. The van der Waals surface area contributed by atoms with Crippen LogP contribution in [0.2, 0.25) is 0 Å². The number of nitrogens with zero attached hydrogens (tertiary/aromatic N) is 2. The number of aryl methyl sites for hydroxylation is 1. The van der Waals surface area contributed by atoms with E-state index >= 15 is 0 Å². The van der Waals surface area contributed by atoms with Crippen LogP contribution >= 0.6 is 0 Å². The van der Waals surface area contributed by atoms with Gasteiger partial charge in [-0.3, -0.25) is 4.99 Å². The van der Waals surface area contributed by atoms with Crippen molar-refractivity contribution < 1.29 is 9.90 Å². The number of aliphatic imine (C=N–C) groups is 1. The fourth-order valence-corrected chi connectivity index (χ4v) is 4.28. The van der Waals surface area contributed by atoms with Gasteiger partial charge in [0.1, 0.15) is 5.69 Å². The van der Waals surface area contributed by atoms with E-state index in [-0.39, 0.29) is 5.69 Å². The number of fused-ring (bicyclic) bond motifs is 1. The second kappa shape index (κ2) is 6.19. The molecule has 3 rings (SSSR count). The molecule has 2 unspecified atom stereocenters. The Morgan fingerprint density at radius 2 is 2.05 bits per heavy atom. The van der Waals surface area contributed by atoms with Crippen molar-refractivity contribution in [3.8, 4) is 0 Å². The molecule has 1 aromatic heterocycles. The van der Waals surface area contributed by atoms with Crippen LogP contribution in [-0.4, -0.2) is 28.8 Å². The lowest BCUT2D eigenvalue weighted by Crippen LogP contribution is -2.32. The number of carboxylic acids is 1. The Labute approximate surface area is 131 Å². The minimum Gasteiger partial charge on any atom is -0.477 e. The molecule has 2 aliphatic carbocycles. The molecule has 0 spiro atoms. The lowest BCUT2D eigenvalue weighted by molar-refractivity contribution is 0.0690. The van der Waals surface area contributed by atoms with E-state index in [0.717, 1.165) is 35.7 Å². The van der Waals surface area contributed by atoms with Crippen molar-refractivity contribution in [2.75, 3.05) is 7.05 Å². The summed E-state index contributed by atoms with van der Waals surface area (Å²) in [4.78, 5) is 20.0. The summed E-state index contributed by atoms with van der Waals surface area (Å²) in [6.07, 6.45) is 7.31. The summed E-state index contributed by atoms with van der Waals surface area (Å²) in [5.74, 6) is 0.986. The van der Waals surface area contributed by atoms with E-state index in [1.54, 1.807) is 6.07 Å². The predicted molar refractivity (Wildman–Crippen MR) is 86.6 cm³/mol. The number of carboxylic acid groups (broad SMARTS) is 1. The normalized spacial score (nSPS) is 25.2. The van der Waals surface area contributed by atoms with Crippen LogP contribution < -0.4 is 0 Å². The van der Waals surface area contributed by atoms with E-state index in [2.05, 4.69) is 16.9 Å². The van der Waals surface area contributed by atoms with Gasteiger partial charge in [-0.15, -0.1) is 0 Å². The third kappa shape index (κ3) is 2.67. The molecule has 1 fully saturated rings. The van der Waals surface area contributed by atoms with E-state index in [4.69, 9.17) is 5.11 Å². The van der Waals surface area contributed by atoms with Gasteiger partial charge in [0.2, 0.25) is 0 Å². The summed E-state index contributed by atoms with van der Waals surface area (Å²) < 4.78 is 0. The summed E-state index contributed by atoms with van der Waals surface area (Å²) in [5, 5.41) is 9.10. The molecular weight excluding hydrogens is 276 g/mol. The van der Waals surface area contributed by atoms with E-state index in [1.165, 1.54) is 25.7 Å². The van der Waals surface area contributed by atoms with E-state index in [9.17, 15) is 4.79 Å². The Bertz CT molecular complexity index is 603. The second-order valence-electron chi connectivity index (χ2n) is 6.65. The molecule has 2 atom stereocenters. The number of rotatable bonds is 3. The van der Waals surface area contributed by atoms with Crippen LogP contribution in [0.25, 0.3) is 0 Å². The SMILES string of the molecule is CN=C1c2ccc(C(=O)O)nc2CCC1C(C)C1CCCC1. The zero-order valence-corrected chi connectivity index (χ0v) is 13.4. The Kier molecular flexibility index (Phi) is 4.27. The van der Waals surface area contributed by atoms with Gasteiger partial charge in [-0.25, -0.2) is 9.78 Å². The third-order valence-corrected chi connectivity index (χ3v) is 5.53. The maximum Gasteiger partial charge on any atom is 0.354 e. The lowest BCUT2D eigenvalue weighted by Gasteiger charge is -2.33. The topological polar surface area (TPSA) is 62.5 Å². The Morgan fingerprint density at radius 1 is 1.32 bits per heavy atom. The van der Waals surface area contributed by atoms with Crippen molar-refractivity contribution in [3.05, 3.63) is 29.1 Å². The van der Waals surface area contributed by atoms with Gasteiger partial charge in [-0.2, -0.15) is 0 Å². The molecule has 0 aliphatic heterocycles. The molecule has 4 nitrogen and oxygen atoms in total. The van der Waals surface area contributed by atoms with E-state index < -0.39 is 5.97 Å². The number of aromatic carboxylic acids is 1. The lowest BCUT2D eigenvalue weighted by atomic mass is 9.72. The highest BCUT2D eigenvalue weighted by molar-refractivity contribution is 6.04. The van der Waals surface area contributed by atoms with Crippen LogP contribution in [0.4, 0.5) is 0 Å². The highest BCUT2D eigenvalue weighted by Gasteiger charge is 2.35. The van der Waals surface area contributed by atoms with Crippen molar-refractivity contribution in [2.24, 2.45) is 22.7 Å². The fourth-order valence-electron chi connectivity index (χ4n) is 4.28. The predicted octanol–water partition coefficient (Wildman–Crippen LogP) is 3.59. The second-order valence-corrected chi connectivity index (χ2v) is 6.65. The highest BCUT2D eigenvalue weighted by atomic mass is 16.4. The number of aromatic nitrogens is 1. The summed E-state index contributed by atoms with van der Waals surface area (Å²) in [6.45, 7) is 2.37. The summed E-state index contributed by atoms with van der Waals surface area (Å²) in [5.41, 5.74) is 3.23. The van der Waals surface area contributed by atoms with Gasteiger partial charge < -0.3 is 5.11 Å². The number of carbonyl (C=O) groups is 1. The zero-order valence-electron chi connectivity index (χ0n) is 13.4. The Hall–Kier alpha value is -1.71. The molecule has 0 amide bonds. The molecule has 0 aromatic carbocycles.